The average molecular weight is 288 g/mol. The summed E-state index contributed by atoms with van der Waals surface area (Å²) in [5.74, 6) is 0.560. The summed E-state index contributed by atoms with van der Waals surface area (Å²) in [7, 11) is -3.75. The minimum Gasteiger partial charge on any atom is -0.491 e. The molecule has 0 unspecified atom stereocenters. The van der Waals surface area contributed by atoms with E-state index in [9.17, 15) is 8.42 Å². The van der Waals surface area contributed by atoms with E-state index in [1.54, 1.807) is 6.07 Å². The summed E-state index contributed by atoms with van der Waals surface area (Å²) < 4.78 is 28.1. The fraction of sp³-hybridized carbons (Fsp3) is 0.364. The third kappa shape index (κ3) is 4.25. The minimum atomic E-state index is -3.75. The number of hydrogen-bond acceptors (Lipinski definition) is 4. The molecule has 0 aliphatic rings. The molecular weight excluding hydrogens is 272 g/mol. The third-order valence-electron chi connectivity index (χ3n) is 2.09. The van der Waals surface area contributed by atoms with Crippen molar-refractivity contribution >= 4 is 27.2 Å². The third-order valence-corrected chi connectivity index (χ3v) is 3.14. The Morgan fingerprint density at radius 1 is 1.44 bits per heavy atom. The first-order valence-electron chi connectivity index (χ1n) is 5.31. The van der Waals surface area contributed by atoms with Crippen LogP contribution in [0.2, 0.25) is 0 Å². The molecule has 7 heteroatoms. The number of rotatable bonds is 5. The van der Waals surface area contributed by atoms with Crippen LogP contribution < -0.4 is 15.6 Å². The molecule has 0 aliphatic carbocycles. The first-order valence-corrected chi connectivity index (χ1v) is 7.26. The minimum absolute atomic E-state index is 0.0184. The fourth-order valence-corrected chi connectivity index (χ4v) is 2.15. The number of thiocarbonyl (C=S) groups is 1. The summed E-state index contributed by atoms with van der Waals surface area (Å²) in [5, 5.41) is 5.08. The van der Waals surface area contributed by atoms with E-state index >= 15 is 0 Å². The number of ether oxygens (including phenoxy) is 1. The zero-order chi connectivity index (χ0) is 13.9. The Morgan fingerprint density at radius 3 is 2.50 bits per heavy atom. The van der Waals surface area contributed by atoms with Crippen molar-refractivity contribution in [2.75, 3.05) is 0 Å². The number of benzene rings is 1. The van der Waals surface area contributed by atoms with E-state index in [0.717, 1.165) is 0 Å². The van der Waals surface area contributed by atoms with E-state index in [1.165, 1.54) is 12.1 Å². The van der Waals surface area contributed by atoms with Gasteiger partial charge in [0.1, 0.15) is 5.75 Å². The summed E-state index contributed by atoms with van der Waals surface area (Å²) in [6.07, 6.45) is 0.233. The topological polar surface area (TPSA) is 95.4 Å². The van der Waals surface area contributed by atoms with Crippen LogP contribution in [0.5, 0.6) is 5.75 Å². The molecule has 0 spiro atoms. The van der Waals surface area contributed by atoms with Crippen LogP contribution in [0, 0.1) is 0 Å². The molecule has 0 bridgehead atoms. The van der Waals surface area contributed by atoms with E-state index in [2.05, 4.69) is 0 Å². The summed E-state index contributed by atoms with van der Waals surface area (Å²) in [4.78, 5) is 0.278. The van der Waals surface area contributed by atoms with Crippen molar-refractivity contribution in [3.05, 3.63) is 23.8 Å². The summed E-state index contributed by atoms with van der Waals surface area (Å²) in [6, 6.07) is 4.40. The molecule has 1 aromatic rings. The van der Waals surface area contributed by atoms with Gasteiger partial charge in [0, 0.05) is 12.0 Å². The average Bonchev–Trinajstić information content (AvgIpc) is 2.17. The number of sulfonamides is 1. The predicted molar refractivity (Wildman–Crippen MR) is 74.1 cm³/mol. The van der Waals surface area contributed by atoms with Gasteiger partial charge in [-0.2, -0.15) is 0 Å². The highest BCUT2D eigenvalue weighted by Gasteiger charge is 2.13. The standard InChI is InChI=1S/C11H16N2O3S2/c1-7(2)16-10-4-3-9(18(13,14)15)5-8(10)6-11(12)17/h3-5,7H,6H2,1-2H3,(H2,12,17)(H2,13,14,15). The normalized spacial score (nSPS) is 11.6. The first kappa shape index (κ1) is 14.9. The molecule has 0 heterocycles. The van der Waals surface area contributed by atoms with Crippen molar-refractivity contribution in [2.45, 2.75) is 31.3 Å². The Hall–Kier alpha value is -1.18. The zero-order valence-corrected chi connectivity index (χ0v) is 11.8. The maximum absolute atomic E-state index is 11.3. The molecule has 0 amide bonds. The molecule has 18 heavy (non-hydrogen) atoms. The van der Waals surface area contributed by atoms with Gasteiger partial charge in [0.15, 0.2) is 0 Å². The van der Waals surface area contributed by atoms with Crippen molar-refractivity contribution in [3.63, 3.8) is 0 Å². The van der Waals surface area contributed by atoms with Gasteiger partial charge in [-0.3, -0.25) is 0 Å². The first-order chi connectivity index (χ1) is 8.20. The van der Waals surface area contributed by atoms with Crippen LogP contribution in [0.3, 0.4) is 0 Å². The van der Waals surface area contributed by atoms with Gasteiger partial charge in [0.05, 0.1) is 16.0 Å². The molecule has 0 saturated carbocycles. The molecular formula is C11H16N2O3S2. The Kier molecular flexibility index (Phi) is 4.66. The summed E-state index contributed by atoms with van der Waals surface area (Å²) >= 11 is 4.83. The van der Waals surface area contributed by atoms with Crippen LogP contribution in [0.4, 0.5) is 0 Å². The number of primary sulfonamides is 1. The van der Waals surface area contributed by atoms with Crippen molar-refractivity contribution in [1.82, 2.24) is 0 Å². The van der Waals surface area contributed by atoms with Gasteiger partial charge < -0.3 is 10.5 Å². The van der Waals surface area contributed by atoms with Crippen LogP contribution in [-0.4, -0.2) is 19.5 Å². The second-order valence-electron chi connectivity index (χ2n) is 4.12. The molecule has 0 saturated heterocycles. The Labute approximate surface area is 112 Å². The van der Waals surface area contributed by atoms with Gasteiger partial charge in [0.25, 0.3) is 0 Å². The monoisotopic (exact) mass is 288 g/mol. The Morgan fingerprint density at radius 2 is 2.06 bits per heavy atom. The largest absolute Gasteiger partial charge is 0.491 e. The molecule has 5 nitrogen and oxygen atoms in total. The molecule has 100 valence electrons. The van der Waals surface area contributed by atoms with Crippen molar-refractivity contribution in [2.24, 2.45) is 10.9 Å². The molecule has 0 aromatic heterocycles. The zero-order valence-electron chi connectivity index (χ0n) is 10.2. The van der Waals surface area contributed by atoms with Crippen LogP contribution in [0.15, 0.2) is 23.1 Å². The van der Waals surface area contributed by atoms with Crippen LogP contribution >= 0.6 is 12.2 Å². The summed E-state index contributed by atoms with van der Waals surface area (Å²) in [6.45, 7) is 3.75. The smallest absolute Gasteiger partial charge is 0.238 e. The molecule has 0 aliphatic heterocycles. The van der Waals surface area contributed by atoms with Gasteiger partial charge in [-0.1, -0.05) is 12.2 Å². The molecule has 0 radical (unpaired) electrons. The molecule has 1 rings (SSSR count). The highest BCUT2D eigenvalue weighted by molar-refractivity contribution is 7.89. The highest BCUT2D eigenvalue weighted by Crippen LogP contribution is 2.23. The van der Waals surface area contributed by atoms with Gasteiger partial charge >= 0.3 is 0 Å². The Balaban J connectivity index is 3.24. The van der Waals surface area contributed by atoms with Gasteiger partial charge in [-0.15, -0.1) is 0 Å². The van der Waals surface area contributed by atoms with Crippen molar-refractivity contribution in [1.29, 1.82) is 0 Å². The lowest BCUT2D eigenvalue weighted by atomic mass is 10.1. The number of hydrogen-bond donors (Lipinski definition) is 2. The Bertz CT molecular complexity index is 553. The number of nitrogens with two attached hydrogens (primary N) is 2. The van der Waals surface area contributed by atoms with Crippen molar-refractivity contribution < 1.29 is 13.2 Å². The lowest BCUT2D eigenvalue weighted by Gasteiger charge is -2.14. The SMILES string of the molecule is CC(C)Oc1ccc(S(N)(=O)=O)cc1CC(N)=S. The highest BCUT2D eigenvalue weighted by atomic mass is 32.2. The van der Waals surface area contributed by atoms with Gasteiger partial charge in [0.2, 0.25) is 10.0 Å². The van der Waals surface area contributed by atoms with E-state index in [-0.39, 0.29) is 22.4 Å². The molecule has 1 aromatic carbocycles. The van der Waals surface area contributed by atoms with Crippen LogP contribution in [-0.2, 0) is 16.4 Å². The van der Waals surface area contributed by atoms with E-state index in [4.69, 9.17) is 27.8 Å². The molecule has 4 N–H and O–H groups in total. The lowest BCUT2D eigenvalue weighted by molar-refractivity contribution is 0.240. The fourth-order valence-electron chi connectivity index (χ4n) is 1.43. The lowest BCUT2D eigenvalue weighted by Crippen LogP contribution is -2.16. The van der Waals surface area contributed by atoms with E-state index < -0.39 is 10.0 Å². The quantitative estimate of drug-likeness (QED) is 0.786. The van der Waals surface area contributed by atoms with Gasteiger partial charge in [-0.05, 0) is 32.0 Å². The van der Waals surface area contributed by atoms with E-state index in [0.29, 0.717) is 11.3 Å². The van der Waals surface area contributed by atoms with Crippen LogP contribution in [0.25, 0.3) is 0 Å². The second-order valence-corrected chi connectivity index (χ2v) is 6.21. The van der Waals surface area contributed by atoms with E-state index in [1.807, 2.05) is 13.8 Å². The predicted octanol–water partition coefficient (Wildman–Crippen LogP) is 0.950. The van der Waals surface area contributed by atoms with Crippen LogP contribution in [0.1, 0.15) is 19.4 Å². The van der Waals surface area contributed by atoms with Gasteiger partial charge in [-0.25, -0.2) is 13.6 Å². The maximum Gasteiger partial charge on any atom is 0.238 e. The summed E-state index contributed by atoms with van der Waals surface area (Å²) in [5.41, 5.74) is 6.09. The maximum atomic E-state index is 11.3. The molecule has 0 atom stereocenters. The second kappa shape index (κ2) is 5.64. The van der Waals surface area contributed by atoms with Crippen molar-refractivity contribution in [3.8, 4) is 5.75 Å². The molecule has 0 fully saturated rings.